The van der Waals surface area contributed by atoms with Crippen LogP contribution < -0.4 is 0 Å². The predicted octanol–water partition coefficient (Wildman–Crippen LogP) is 2.70. The second kappa shape index (κ2) is 5.81. The van der Waals surface area contributed by atoms with E-state index >= 15 is 0 Å². The van der Waals surface area contributed by atoms with Gasteiger partial charge in [-0.25, -0.2) is 4.79 Å². The quantitative estimate of drug-likeness (QED) is 0.644. The van der Waals surface area contributed by atoms with Crippen LogP contribution in [0.5, 0.6) is 0 Å². The fraction of sp³-hybridized carbons (Fsp3) is 0.700. The number of hydrogen-bond donors (Lipinski definition) is 1. The first-order valence-corrected chi connectivity index (χ1v) is 4.49. The average molecular weight is 170 g/mol. The van der Waals surface area contributed by atoms with Gasteiger partial charge in [0.1, 0.15) is 0 Å². The van der Waals surface area contributed by atoms with E-state index in [1.165, 1.54) is 6.08 Å². The summed E-state index contributed by atoms with van der Waals surface area (Å²) in [5.74, 6) is 0.0807. The Hall–Kier alpha value is -0.790. The molecule has 0 fully saturated rings. The van der Waals surface area contributed by atoms with Gasteiger partial charge in [-0.15, -0.1) is 0 Å². The summed E-state index contributed by atoms with van der Waals surface area (Å²) in [6, 6.07) is 0. The van der Waals surface area contributed by atoms with Crippen LogP contribution in [0.1, 0.15) is 33.6 Å². The zero-order chi connectivity index (χ0) is 9.56. The van der Waals surface area contributed by atoms with Gasteiger partial charge in [0, 0.05) is 6.08 Å². The first-order chi connectivity index (χ1) is 5.57. The van der Waals surface area contributed by atoms with Gasteiger partial charge in [0.25, 0.3) is 0 Å². The summed E-state index contributed by atoms with van der Waals surface area (Å²) >= 11 is 0. The normalized spacial score (nSPS) is 16.2. The highest BCUT2D eigenvalue weighted by atomic mass is 16.4. The molecule has 0 amide bonds. The minimum Gasteiger partial charge on any atom is -0.478 e. The summed E-state index contributed by atoms with van der Waals surface area (Å²) in [4.78, 5) is 10.2. The molecule has 0 radical (unpaired) electrons. The third-order valence-electron chi connectivity index (χ3n) is 2.18. The third kappa shape index (κ3) is 4.94. The van der Waals surface area contributed by atoms with Gasteiger partial charge in [0.15, 0.2) is 0 Å². The molecule has 2 heteroatoms. The zero-order valence-electron chi connectivity index (χ0n) is 8.08. The van der Waals surface area contributed by atoms with Crippen molar-refractivity contribution in [3.05, 3.63) is 12.2 Å². The molecule has 0 saturated carbocycles. The number of carboxylic acid groups (broad SMARTS) is 1. The largest absolute Gasteiger partial charge is 0.478 e. The lowest BCUT2D eigenvalue weighted by molar-refractivity contribution is -0.131. The molecule has 0 aromatic rings. The van der Waals surface area contributed by atoms with Gasteiger partial charge in [0.05, 0.1) is 0 Å². The Labute approximate surface area is 74.3 Å². The van der Waals surface area contributed by atoms with Gasteiger partial charge in [0.2, 0.25) is 0 Å². The Bertz CT molecular complexity index is 161. The lowest BCUT2D eigenvalue weighted by Gasteiger charge is -2.14. The van der Waals surface area contributed by atoms with Crippen molar-refractivity contribution >= 4 is 5.97 Å². The van der Waals surface area contributed by atoms with E-state index in [-0.39, 0.29) is 0 Å². The standard InChI is InChI=1S/C10H18O2/c1-4-5-8(2)9(3)6-7-10(11)12/h6-9H,4-5H2,1-3H3,(H,11,12). The highest BCUT2D eigenvalue weighted by Crippen LogP contribution is 2.17. The molecule has 0 aliphatic rings. The molecule has 0 aromatic carbocycles. The van der Waals surface area contributed by atoms with Gasteiger partial charge in [-0.3, -0.25) is 0 Å². The Balaban J connectivity index is 3.85. The van der Waals surface area contributed by atoms with Crippen molar-refractivity contribution in [1.29, 1.82) is 0 Å². The maximum atomic E-state index is 10.2. The lowest BCUT2D eigenvalue weighted by Crippen LogP contribution is -2.05. The van der Waals surface area contributed by atoms with Crippen LogP contribution in [0.15, 0.2) is 12.2 Å². The highest BCUT2D eigenvalue weighted by molar-refractivity contribution is 5.79. The van der Waals surface area contributed by atoms with E-state index in [4.69, 9.17) is 5.11 Å². The SMILES string of the molecule is CCCC(C)C(C)C=CC(=O)O. The number of hydrogen-bond acceptors (Lipinski definition) is 1. The molecule has 12 heavy (non-hydrogen) atoms. The molecule has 0 spiro atoms. The van der Waals surface area contributed by atoms with E-state index in [1.54, 1.807) is 6.08 Å². The predicted molar refractivity (Wildman–Crippen MR) is 50.0 cm³/mol. The number of carboxylic acids is 1. The smallest absolute Gasteiger partial charge is 0.327 e. The van der Waals surface area contributed by atoms with Gasteiger partial charge < -0.3 is 5.11 Å². The summed E-state index contributed by atoms with van der Waals surface area (Å²) in [6.45, 7) is 6.35. The molecular formula is C10H18O2. The number of carbonyl (C=O) groups is 1. The molecule has 2 unspecified atom stereocenters. The Kier molecular flexibility index (Phi) is 5.43. The van der Waals surface area contributed by atoms with Crippen molar-refractivity contribution in [2.45, 2.75) is 33.6 Å². The van der Waals surface area contributed by atoms with E-state index in [1.807, 2.05) is 0 Å². The van der Waals surface area contributed by atoms with Crippen LogP contribution >= 0.6 is 0 Å². The monoisotopic (exact) mass is 170 g/mol. The first kappa shape index (κ1) is 11.2. The molecule has 0 saturated heterocycles. The maximum Gasteiger partial charge on any atom is 0.327 e. The van der Waals surface area contributed by atoms with Gasteiger partial charge in [-0.05, 0) is 11.8 Å². The maximum absolute atomic E-state index is 10.2. The molecule has 0 heterocycles. The van der Waals surface area contributed by atoms with E-state index in [0.29, 0.717) is 11.8 Å². The molecule has 0 aromatic heterocycles. The fourth-order valence-corrected chi connectivity index (χ4v) is 1.14. The van der Waals surface area contributed by atoms with Gasteiger partial charge in [-0.2, -0.15) is 0 Å². The molecule has 2 nitrogen and oxygen atoms in total. The van der Waals surface area contributed by atoms with Gasteiger partial charge in [-0.1, -0.05) is 39.7 Å². The van der Waals surface area contributed by atoms with Crippen LogP contribution in [0.2, 0.25) is 0 Å². The van der Waals surface area contributed by atoms with Crippen molar-refractivity contribution in [3.63, 3.8) is 0 Å². The number of allylic oxidation sites excluding steroid dienone is 1. The van der Waals surface area contributed by atoms with Crippen LogP contribution in [0.4, 0.5) is 0 Å². The van der Waals surface area contributed by atoms with Crippen LogP contribution in [0.3, 0.4) is 0 Å². The summed E-state index contributed by atoms with van der Waals surface area (Å²) < 4.78 is 0. The lowest BCUT2D eigenvalue weighted by atomic mass is 9.91. The van der Waals surface area contributed by atoms with Crippen LogP contribution in [0.25, 0.3) is 0 Å². The molecule has 1 N–H and O–H groups in total. The van der Waals surface area contributed by atoms with E-state index < -0.39 is 5.97 Å². The topological polar surface area (TPSA) is 37.3 Å². The Morgan fingerprint density at radius 3 is 2.50 bits per heavy atom. The first-order valence-electron chi connectivity index (χ1n) is 4.49. The van der Waals surface area contributed by atoms with Crippen LogP contribution in [-0.4, -0.2) is 11.1 Å². The molecule has 0 aliphatic heterocycles. The van der Waals surface area contributed by atoms with Crippen molar-refractivity contribution < 1.29 is 9.90 Å². The fourth-order valence-electron chi connectivity index (χ4n) is 1.14. The van der Waals surface area contributed by atoms with Crippen molar-refractivity contribution in [2.75, 3.05) is 0 Å². The zero-order valence-corrected chi connectivity index (χ0v) is 8.08. The molecule has 2 atom stereocenters. The second-order valence-electron chi connectivity index (χ2n) is 3.32. The summed E-state index contributed by atoms with van der Waals surface area (Å²) in [5, 5.41) is 8.39. The summed E-state index contributed by atoms with van der Waals surface area (Å²) in [5.41, 5.74) is 0. The minimum atomic E-state index is -0.856. The van der Waals surface area contributed by atoms with Crippen LogP contribution in [0, 0.1) is 11.8 Å². The minimum absolute atomic E-state index is 0.362. The van der Waals surface area contributed by atoms with E-state index in [2.05, 4.69) is 20.8 Å². The molecule has 0 bridgehead atoms. The molecular weight excluding hydrogens is 152 g/mol. The van der Waals surface area contributed by atoms with Crippen molar-refractivity contribution in [3.8, 4) is 0 Å². The summed E-state index contributed by atoms with van der Waals surface area (Å²) in [6.07, 6.45) is 5.32. The van der Waals surface area contributed by atoms with Crippen LogP contribution in [-0.2, 0) is 4.79 Å². The summed E-state index contributed by atoms with van der Waals surface area (Å²) in [7, 11) is 0. The second-order valence-corrected chi connectivity index (χ2v) is 3.32. The number of rotatable bonds is 5. The highest BCUT2D eigenvalue weighted by Gasteiger charge is 2.07. The molecule has 0 rings (SSSR count). The molecule has 70 valence electrons. The molecule has 0 aliphatic carbocycles. The van der Waals surface area contributed by atoms with Crippen molar-refractivity contribution in [1.82, 2.24) is 0 Å². The van der Waals surface area contributed by atoms with Gasteiger partial charge >= 0.3 is 5.97 Å². The van der Waals surface area contributed by atoms with Crippen molar-refractivity contribution in [2.24, 2.45) is 11.8 Å². The Morgan fingerprint density at radius 2 is 2.08 bits per heavy atom. The third-order valence-corrected chi connectivity index (χ3v) is 2.18. The average Bonchev–Trinajstić information content (AvgIpc) is 2.00. The van der Waals surface area contributed by atoms with E-state index in [9.17, 15) is 4.79 Å². The number of aliphatic carboxylic acids is 1. The Morgan fingerprint density at radius 1 is 1.50 bits per heavy atom. The van der Waals surface area contributed by atoms with E-state index in [0.717, 1.165) is 12.8 Å².